The monoisotopic (exact) mass is 283 g/mol. The molecule has 3 rings (SSSR count). The summed E-state index contributed by atoms with van der Waals surface area (Å²) in [4.78, 5) is 2.38. The molecule has 0 amide bonds. The fourth-order valence-corrected chi connectivity index (χ4v) is 3.14. The van der Waals surface area contributed by atoms with Gasteiger partial charge in [0.05, 0.1) is 13.2 Å². The van der Waals surface area contributed by atoms with Crippen LogP contribution in [0.2, 0.25) is 0 Å². The van der Waals surface area contributed by atoms with E-state index in [4.69, 9.17) is 4.74 Å². The zero-order valence-electron chi connectivity index (χ0n) is 12.5. The highest BCUT2D eigenvalue weighted by molar-refractivity contribution is 5.58. The summed E-state index contributed by atoms with van der Waals surface area (Å²) in [5.74, 6) is 0.979. The van der Waals surface area contributed by atoms with Crippen molar-refractivity contribution in [3.63, 3.8) is 0 Å². The molecule has 3 heteroatoms. The molecule has 1 aliphatic heterocycles. The Kier molecular flexibility index (Phi) is 3.74. The molecule has 21 heavy (non-hydrogen) atoms. The maximum atomic E-state index is 10.3. The number of phenols is 1. The summed E-state index contributed by atoms with van der Waals surface area (Å²) in [6.45, 7) is 3.16. The number of nitrogens with zero attached hydrogens (tertiary/aromatic N) is 1. The molecule has 0 radical (unpaired) electrons. The molecule has 0 fully saturated rings. The Morgan fingerprint density at radius 1 is 1.19 bits per heavy atom. The van der Waals surface area contributed by atoms with Gasteiger partial charge >= 0.3 is 0 Å². The van der Waals surface area contributed by atoms with Gasteiger partial charge < -0.3 is 14.7 Å². The van der Waals surface area contributed by atoms with Crippen molar-refractivity contribution in [2.75, 3.05) is 18.6 Å². The van der Waals surface area contributed by atoms with Gasteiger partial charge in [0.2, 0.25) is 0 Å². The van der Waals surface area contributed by atoms with E-state index in [1.807, 2.05) is 12.1 Å². The fourth-order valence-electron chi connectivity index (χ4n) is 3.14. The van der Waals surface area contributed by atoms with E-state index in [-0.39, 0.29) is 6.04 Å². The number of para-hydroxylation sites is 1. The SMILES string of the molecule is COc1ccc(C(C)N2CCCc3ccccc32)c(O)c1. The molecule has 2 aromatic rings. The maximum Gasteiger partial charge on any atom is 0.124 e. The third kappa shape index (κ3) is 2.56. The molecule has 1 heterocycles. The van der Waals surface area contributed by atoms with Gasteiger partial charge in [-0.1, -0.05) is 18.2 Å². The molecule has 1 aliphatic rings. The largest absolute Gasteiger partial charge is 0.507 e. The number of benzene rings is 2. The Hall–Kier alpha value is -2.16. The van der Waals surface area contributed by atoms with E-state index in [2.05, 4.69) is 36.1 Å². The Balaban J connectivity index is 1.94. The maximum absolute atomic E-state index is 10.3. The lowest BCUT2D eigenvalue weighted by atomic mass is 9.97. The Morgan fingerprint density at radius 2 is 2.00 bits per heavy atom. The highest BCUT2D eigenvalue weighted by Crippen LogP contribution is 2.37. The molecule has 3 nitrogen and oxygen atoms in total. The number of hydrogen-bond acceptors (Lipinski definition) is 3. The van der Waals surface area contributed by atoms with E-state index in [0.29, 0.717) is 11.5 Å². The molecule has 2 aromatic carbocycles. The van der Waals surface area contributed by atoms with Gasteiger partial charge in [0.15, 0.2) is 0 Å². The van der Waals surface area contributed by atoms with Gasteiger partial charge in [-0.15, -0.1) is 0 Å². The van der Waals surface area contributed by atoms with Gasteiger partial charge in [-0.2, -0.15) is 0 Å². The van der Waals surface area contributed by atoms with Crippen LogP contribution >= 0.6 is 0 Å². The van der Waals surface area contributed by atoms with Crippen LogP contribution in [-0.4, -0.2) is 18.8 Å². The number of anilines is 1. The summed E-state index contributed by atoms with van der Waals surface area (Å²) in [5.41, 5.74) is 3.61. The lowest BCUT2D eigenvalue weighted by Gasteiger charge is -2.36. The smallest absolute Gasteiger partial charge is 0.124 e. The lowest BCUT2D eigenvalue weighted by molar-refractivity contribution is 0.405. The first-order valence-electron chi connectivity index (χ1n) is 7.42. The first kappa shape index (κ1) is 13.8. The molecular formula is C18H21NO2. The second kappa shape index (κ2) is 5.68. The van der Waals surface area contributed by atoms with E-state index in [9.17, 15) is 5.11 Å². The fraction of sp³-hybridized carbons (Fsp3) is 0.333. The standard InChI is InChI=1S/C18H21NO2/c1-13(16-10-9-15(21-2)12-18(16)20)19-11-5-7-14-6-3-4-8-17(14)19/h3-4,6,8-10,12-13,20H,5,7,11H2,1-2H3. The van der Waals surface area contributed by atoms with Crippen molar-refractivity contribution in [1.82, 2.24) is 0 Å². The van der Waals surface area contributed by atoms with Gasteiger partial charge in [-0.3, -0.25) is 0 Å². The normalized spacial score (nSPS) is 15.4. The Bertz CT molecular complexity index is 639. The first-order valence-corrected chi connectivity index (χ1v) is 7.42. The summed E-state index contributed by atoms with van der Waals surface area (Å²) >= 11 is 0. The van der Waals surface area contributed by atoms with Gasteiger partial charge in [-0.25, -0.2) is 0 Å². The summed E-state index contributed by atoms with van der Waals surface area (Å²) in [7, 11) is 1.61. The molecular weight excluding hydrogens is 262 g/mol. The average Bonchev–Trinajstić information content (AvgIpc) is 2.53. The molecule has 0 saturated carbocycles. The Morgan fingerprint density at radius 3 is 2.76 bits per heavy atom. The van der Waals surface area contributed by atoms with Crippen LogP contribution in [0.15, 0.2) is 42.5 Å². The third-order valence-electron chi connectivity index (χ3n) is 4.30. The van der Waals surface area contributed by atoms with Crippen LogP contribution in [0, 0.1) is 0 Å². The number of methoxy groups -OCH3 is 1. The van der Waals surface area contributed by atoms with Gasteiger partial charge in [0.1, 0.15) is 11.5 Å². The molecule has 0 aliphatic carbocycles. The number of fused-ring (bicyclic) bond motifs is 1. The van der Waals surface area contributed by atoms with Crippen LogP contribution in [0.1, 0.15) is 30.5 Å². The average molecular weight is 283 g/mol. The summed E-state index contributed by atoms with van der Waals surface area (Å²) in [6.07, 6.45) is 2.28. The van der Waals surface area contributed by atoms with Crippen molar-refractivity contribution >= 4 is 5.69 Å². The predicted octanol–water partition coefficient (Wildman–Crippen LogP) is 3.91. The number of phenolic OH excluding ortho intramolecular Hbond substituents is 1. The van der Waals surface area contributed by atoms with Gasteiger partial charge in [-0.05, 0) is 43.5 Å². The molecule has 110 valence electrons. The summed E-state index contributed by atoms with van der Waals surface area (Å²) in [5, 5.41) is 10.3. The topological polar surface area (TPSA) is 32.7 Å². The number of hydrogen-bond donors (Lipinski definition) is 1. The minimum Gasteiger partial charge on any atom is -0.507 e. The summed E-state index contributed by atoms with van der Waals surface area (Å²) < 4.78 is 5.16. The lowest BCUT2D eigenvalue weighted by Crippen LogP contribution is -2.32. The molecule has 0 saturated heterocycles. The van der Waals surface area contributed by atoms with Crippen LogP contribution < -0.4 is 9.64 Å². The van der Waals surface area contributed by atoms with E-state index in [1.165, 1.54) is 11.3 Å². The number of rotatable bonds is 3. The highest BCUT2D eigenvalue weighted by Gasteiger charge is 2.23. The number of aryl methyl sites for hydroxylation is 1. The van der Waals surface area contributed by atoms with E-state index in [0.717, 1.165) is 24.9 Å². The van der Waals surface area contributed by atoms with E-state index < -0.39 is 0 Å². The number of aromatic hydroxyl groups is 1. The van der Waals surface area contributed by atoms with Crippen LogP contribution in [-0.2, 0) is 6.42 Å². The van der Waals surface area contributed by atoms with Gasteiger partial charge in [0.25, 0.3) is 0 Å². The van der Waals surface area contributed by atoms with Crippen LogP contribution in [0.5, 0.6) is 11.5 Å². The van der Waals surface area contributed by atoms with Crippen LogP contribution in [0.25, 0.3) is 0 Å². The molecule has 1 N–H and O–H groups in total. The van der Waals surface area contributed by atoms with Crippen molar-refractivity contribution in [1.29, 1.82) is 0 Å². The molecule has 0 bridgehead atoms. The minimum absolute atomic E-state index is 0.136. The van der Waals surface area contributed by atoms with E-state index >= 15 is 0 Å². The van der Waals surface area contributed by atoms with Crippen molar-refractivity contribution in [3.05, 3.63) is 53.6 Å². The van der Waals surface area contributed by atoms with Crippen LogP contribution in [0.4, 0.5) is 5.69 Å². The van der Waals surface area contributed by atoms with Crippen molar-refractivity contribution < 1.29 is 9.84 Å². The third-order valence-corrected chi connectivity index (χ3v) is 4.30. The molecule has 0 aromatic heterocycles. The second-order valence-electron chi connectivity index (χ2n) is 5.53. The van der Waals surface area contributed by atoms with Crippen molar-refractivity contribution in [3.8, 4) is 11.5 Å². The minimum atomic E-state index is 0.136. The summed E-state index contributed by atoms with van der Waals surface area (Å²) in [6, 6.07) is 14.2. The van der Waals surface area contributed by atoms with Crippen molar-refractivity contribution in [2.24, 2.45) is 0 Å². The Labute approximate surface area is 125 Å². The zero-order valence-corrected chi connectivity index (χ0v) is 12.5. The first-order chi connectivity index (χ1) is 10.2. The highest BCUT2D eigenvalue weighted by atomic mass is 16.5. The van der Waals surface area contributed by atoms with Gasteiger partial charge in [0, 0.05) is 23.9 Å². The van der Waals surface area contributed by atoms with E-state index in [1.54, 1.807) is 13.2 Å². The zero-order chi connectivity index (χ0) is 14.8. The predicted molar refractivity (Wildman–Crippen MR) is 85.2 cm³/mol. The molecule has 0 spiro atoms. The quantitative estimate of drug-likeness (QED) is 0.927. The number of ether oxygens (including phenoxy) is 1. The molecule has 1 atom stereocenters. The molecule has 1 unspecified atom stereocenters. The van der Waals surface area contributed by atoms with Crippen molar-refractivity contribution in [2.45, 2.75) is 25.8 Å². The van der Waals surface area contributed by atoms with Crippen LogP contribution in [0.3, 0.4) is 0 Å². The second-order valence-corrected chi connectivity index (χ2v) is 5.53.